The third kappa shape index (κ3) is 6.06. The summed E-state index contributed by atoms with van der Waals surface area (Å²) in [5.41, 5.74) is 0.647. The number of anilines is 1. The van der Waals surface area contributed by atoms with Crippen LogP contribution in [0.5, 0.6) is 0 Å². The van der Waals surface area contributed by atoms with Gasteiger partial charge < -0.3 is 15.5 Å². The zero-order chi connectivity index (χ0) is 17.5. The van der Waals surface area contributed by atoms with E-state index in [2.05, 4.69) is 29.4 Å². The van der Waals surface area contributed by atoms with Crippen molar-refractivity contribution in [1.82, 2.24) is 14.5 Å². The molecule has 130 valence electrons. The molecule has 0 aliphatic rings. The van der Waals surface area contributed by atoms with Crippen LogP contribution in [0.25, 0.3) is 0 Å². The largest absolute Gasteiger partial charge is 0.361 e. The van der Waals surface area contributed by atoms with Gasteiger partial charge in [-0.05, 0) is 43.5 Å². The lowest BCUT2D eigenvalue weighted by atomic mass is 10.3. The minimum absolute atomic E-state index is 0.235. The van der Waals surface area contributed by atoms with E-state index < -0.39 is 10.0 Å². The number of benzene rings is 1. The number of thiocarbonyl (C=S) groups is 1. The lowest BCUT2D eigenvalue weighted by Gasteiger charge is -2.19. The summed E-state index contributed by atoms with van der Waals surface area (Å²) in [5, 5.41) is 6.63. The second-order valence-corrected chi connectivity index (χ2v) is 7.78. The van der Waals surface area contributed by atoms with Gasteiger partial charge in [0.2, 0.25) is 10.0 Å². The summed E-state index contributed by atoms with van der Waals surface area (Å²) in [6, 6.07) is 6.62. The first-order valence-corrected chi connectivity index (χ1v) is 9.45. The molecule has 0 fully saturated rings. The Morgan fingerprint density at radius 3 is 2.43 bits per heavy atom. The number of hydrogen-bond donors (Lipinski definition) is 2. The van der Waals surface area contributed by atoms with E-state index in [9.17, 15) is 8.42 Å². The molecule has 0 aliphatic heterocycles. The van der Waals surface area contributed by atoms with Crippen LogP contribution < -0.4 is 10.6 Å². The van der Waals surface area contributed by atoms with Gasteiger partial charge in [0.15, 0.2) is 5.11 Å². The van der Waals surface area contributed by atoms with Crippen LogP contribution >= 0.6 is 12.2 Å². The van der Waals surface area contributed by atoms with Crippen molar-refractivity contribution >= 4 is 33.0 Å². The molecule has 1 aromatic carbocycles. The highest BCUT2D eigenvalue weighted by Gasteiger charge is 2.17. The smallest absolute Gasteiger partial charge is 0.242 e. The summed E-state index contributed by atoms with van der Waals surface area (Å²) in [6.45, 7) is 7.90. The van der Waals surface area contributed by atoms with E-state index in [1.54, 1.807) is 24.3 Å². The molecule has 1 rings (SSSR count). The molecule has 0 saturated carbocycles. The van der Waals surface area contributed by atoms with Crippen molar-refractivity contribution in [3.05, 3.63) is 24.3 Å². The van der Waals surface area contributed by atoms with Crippen molar-refractivity contribution in [2.45, 2.75) is 18.7 Å². The monoisotopic (exact) mass is 358 g/mol. The Kier molecular flexibility index (Phi) is 7.90. The van der Waals surface area contributed by atoms with Crippen LogP contribution in [-0.4, -0.2) is 63.0 Å². The maximum atomic E-state index is 12.1. The fourth-order valence-electron chi connectivity index (χ4n) is 1.99. The Balaban J connectivity index is 2.63. The normalized spacial score (nSPS) is 11.7. The van der Waals surface area contributed by atoms with Crippen LogP contribution in [0.15, 0.2) is 29.2 Å². The zero-order valence-electron chi connectivity index (χ0n) is 14.2. The Labute approximate surface area is 144 Å². The highest BCUT2D eigenvalue weighted by molar-refractivity contribution is 7.89. The standard InChI is InChI=1S/C15H26N4O2S2/c1-5-19(6-2)11-10-16-15(22)17-13-8-7-9-14(12-13)23(20,21)18(3)4/h7-9,12H,5-6,10-11H2,1-4H3,(H2,16,17,22). The fourth-order valence-corrected chi connectivity index (χ4v) is 3.16. The third-order valence-corrected chi connectivity index (χ3v) is 5.54. The lowest BCUT2D eigenvalue weighted by molar-refractivity contribution is 0.308. The molecule has 0 unspecified atom stereocenters. The van der Waals surface area contributed by atoms with Gasteiger partial charge in [0.05, 0.1) is 4.90 Å². The minimum atomic E-state index is -3.45. The number of sulfonamides is 1. The molecule has 0 radical (unpaired) electrons. The number of rotatable bonds is 8. The highest BCUT2D eigenvalue weighted by Crippen LogP contribution is 2.17. The maximum Gasteiger partial charge on any atom is 0.242 e. The maximum absolute atomic E-state index is 12.1. The number of hydrogen-bond acceptors (Lipinski definition) is 4. The quantitative estimate of drug-likeness (QED) is 0.688. The molecule has 0 atom stereocenters. The Morgan fingerprint density at radius 1 is 1.22 bits per heavy atom. The van der Waals surface area contributed by atoms with E-state index >= 15 is 0 Å². The first kappa shape index (κ1) is 19.8. The summed E-state index contributed by atoms with van der Waals surface area (Å²) in [4.78, 5) is 2.53. The van der Waals surface area contributed by atoms with E-state index in [1.165, 1.54) is 18.4 Å². The van der Waals surface area contributed by atoms with Gasteiger partial charge in [0, 0.05) is 32.9 Å². The Hall–Kier alpha value is -1.22. The highest BCUT2D eigenvalue weighted by atomic mass is 32.2. The van der Waals surface area contributed by atoms with Crippen molar-refractivity contribution in [3.8, 4) is 0 Å². The van der Waals surface area contributed by atoms with Crippen molar-refractivity contribution in [3.63, 3.8) is 0 Å². The second kappa shape index (κ2) is 9.17. The summed E-state index contributed by atoms with van der Waals surface area (Å²) < 4.78 is 25.4. The second-order valence-electron chi connectivity index (χ2n) is 5.22. The van der Waals surface area contributed by atoms with E-state index in [0.29, 0.717) is 10.8 Å². The predicted molar refractivity (Wildman–Crippen MR) is 99.3 cm³/mol. The first-order chi connectivity index (χ1) is 10.8. The average molecular weight is 359 g/mol. The lowest BCUT2D eigenvalue weighted by Crippen LogP contribution is -2.36. The van der Waals surface area contributed by atoms with Gasteiger partial charge in [0.1, 0.15) is 0 Å². The van der Waals surface area contributed by atoms with Crippen LogP contribution in [0.1, 0.15) is 13.8 Å². The van der Waals surface area contributed by atoms with Crippen LogP contribution in [-0.2, 0) is 10.0 Å². The summed E-state index contributed by atoms with van der Waals surface area (Å²) in [5.74, 6) is 0. The molecule has 6 nitrogen and oxygen atoms in total. The van der Waals surface area contributed by atoms with E-state index in [4.69, 9.17) is 12.2 Å². The molecule has 0 heterocycles. The molecule has 8 heteroatoms. The molecule has 0 spiro atoms. The van der Waals surface area contributed by atoms with Gasteiger partial charge in [-0.1, -0.05) is 19.9 Å². The number of nitrogens with zero attached hydrogens (tertiary/aromatic N) is 2. The van der Waals surface area contributed by atoms with Crippen molar-refractivity contribution in [2.75, 3.05) is 45.6 Å². The molecule has 0 aromatic heterocycles. The first-order valence-electron chi connectivity index (χ1n) is 7.61. The average Bonchev–Trinajstić information content (AvgIpc) is 2.51. The van der Waals surface area contributed by atoms with E-state index in [-0.39, 0.29) is 4.90 Å². The summed E-state index contributed by atoms with van der Waals surface area (Å²) in [7, 11) is -0.430. The molecule has 0 bridgehead atoms. The SMILES string of the molecule is CCN(CC)CCNC(=S)Nc1cccc(S(=O)(=O)N(C)C)c1. The minimum Gasteiger partial charge on any atom is -0.361 e. The van der Waals surface area contributed by atoms with Gasteiger partial charge in [0.25, 0.3) is 0 Å². The molecule has 1 aromatic rings. The van der Waals surface area contributed by atoms with Gasteiger partial charge in [-0.15, -0.1) is 0 Å². The summed E-state index contributed by atoms with van der Waals surface area (Å²) in [6.07, 6.45) is 0. The van der Waals surface area contributed by atoms with Crippen molar-refractivity contribution < 1.29 is 8.42 Å². The van der Waals surface area contributed by atoms with Crippen LogP contribution in [0.2, 0.25) is 0 Å². The van der Waals surface area contributed by atoms with Crippen LogP contribution in [0.4, 0.5) is 5.69 Å². The van der Waals surface area contributed by atoms with Crippen molar-refractivity contribution in [1.29, 1.82) is 0 Å². The topological polar surface area (TPSA) is 64.7 Å². The van der Waals surface area contributed by atoms with E-state index in [1.807, 2.05) is 0 Å². The van der Waals surface area contributed by atoms with Crippen LogP contribution in [0, 0.1) is 0 Å². The van der Waals surface area contributed by atoms with Gasteiger partial charge in [-0.2, -0.15) is 0 Å². The third-order valence-electron chi connectivity index (χ3n) is 3.48. The molecule has 23 heavy (non-hydrogen) atoms. The fraction of sp³-hybridized carbons (Fsp3) is 0.533. The van der Waals surface area contributed by atoms with Gasteiger partial charge >= 0.3 is 0 Å². The Bertz CT molecular complexity index is 614. The van der Waals surface area contributed by atoms with E-state index in [0.717, 1.165) is 26.2 Å². The number of likely N-dealkylation sites (N-methyl/N-ethyl adjacent to an activating group) is 1. The predicted octanol–water partition coefficient (Wildman–Crippen LogP) is 1.57. The molecular formula is C15H26N4O2S2. The van der Waals surface area contributed by atoms with Gasteiger partial charge in [-0.25, -0.2) is 12.7 Å². The van der Waals surface area contributed by atoms with Gasteiger partial charge in [-0.3, -0.25) is 0 Å². The number of nitrogens with one attached hydrogen (secondary N) is 2. The van der Waals surface area contributed by atoms with Crippen molar-refractivity contribution in [2.24, 2.45) is 0 Å². The molecule has 0 amide bonds. The Morgan fingerprint density at radius 2 is 1.87 bits per heavy atom. The summed E-state index contributed by atoms with van der Waals surface area (Å²) >= 11 is 5.25. The zero-order valence-corrected chi connectivity index (χ0v) is 15.8. The molecule has 0 saturated heterocycles. The van der Waals surface area contributed by atoms with Crippen LogP contribution in [0.3, 0.4) is 0 Å². The molecule has 2 N–H and O–H groups in total. The molecule has 0 aliphatic carbocycles. The molecular weight excluding hydrogens is 332 g/mol.